The van der Waals surface area contributed by atoms with Crippen LogP contribution in [0.1, 0.15) is 5.69 Å². The summed E-state index contributed by atoms with van der Waals surface area (Å²) in [6.45, 7) is 0.474. The number of carbonyl (C=O) groups is 1. The molecular formula is C13H15N3O2S. The second kappa shape index (κ2) is 6.84. The molecule has 0 radical (unpaired) electrons. The molecule has 0 unspecified atom stereocenters. The monoisotopic (exact) mass is 277 g/mol. The maximum Gasteiger partial charge on any atom is 0.230 e. The molecule has 100 valence electrons. The van der Waals surface area contributed by atoms with Crippen molar-refractivity contribution in [1.82, 2.24) is 15.5 Å². The van der Waals surface area contributed by atoms with Gasteiger partial charge in [0.05, 0.1) is 25.1 Å². The number of amides is 1. The number of methoxy groups -OCH3 is 1. The maximum atomic E-state index is 11.6. The molecule has 1 aromatic carbocycles. The largest absolute Gasteiger partial charge is 0.497 e. The molecule has 1 heterocycles. The van der Waals surface area contributed by atoms with Gasteiger partial charge in [0.1, 0.15) is 5.75 Å². The first-order valence-electron chi connectivity index (χ1n) is 5.80. The molecule has 0 aliphatic heterocycles. The Morgan fingerprint density at radius 3 is 2.79 bits per heavy atom. The van der Waals surface area contributed by atoms with Gasteiger partial charge in [-0.2, -0.15) is 5.10 Å². The summed E-state index contributed by atoms with van der Waals surface area (Å²) in [6, 6.07) is 9.46. The summed E-state index contributed by atoms with van der Waals surface area (Å²) < 4.78 is 5.08. The lowest BCUT2D eigenvalue weighted by Crippen LogP contribution is -2.24. The van der Waals surface area contributed by atoms with Crippen molar-refractivity contribution < 1.29 is 9.53 Å². The topological polar surface area (TPSA) is 67.0 Å². The first kappa shape index (κ1) is 13.5. The zero-order valence-corrected chi connectivity index (χ0v) is 11.4. The summed E-state index contributed by atoms with van der Waals surface area (Å²) in [7, 11) is 1.63. The first-order chi connectivity index (χ1) is 9.28. The highest BCUT2D eigenvalue weighted by Gasteiger charge is 2.03. The molecule has 5 nitrogen and oxygen atoms in total. The third-order valence-electron chi connectivity index (χ3n) is 2.46. The summed E-state index contributed by atoms with van der Waals surface area (Å²) in [4.78, 5) is 12.7. The van der Waals surface area contributed by atoms with Crippen molar-refractivity contribution in [1.29, 1.82) is 0 Å². The Bertz CT molecular complexity index is 511. The lowest BCUT2D eigenvalue weighted by molar-refractivity contribution is -0.118. The molecule has 0 saturated heterocycles. The Morgan fingerprint density at radius 2 is 2.16 bits per heavy atom. The maximum absolute atomic E-state index is 11.6. The lowest BCUT2D eigenvalue weighted by atomic mass is 10.3. The molecule has 6 heteroatoms. The molecule has 0 fully saturated rings. The van der Waals surface area contributed by atoms with E-state index >= 15 is 0 Å². The van der Waals surface area contributed by atoms with Crippen LogP contribution in [-0.4, -0.2) is 29.0 Å². The molecule has 0 bridgehead atoms. The van der Waals surface area contributed by atoms with E-state index in [0.717, 1.165) is 16.3 Å². The molecule has 1 amide bonds. The number of rotatable bonds is 6. The number of nitrogens with one attached hydrogen (secondary N) is 2. The fourth-order valence-corrected chi connectivity index (χ4v) is 2.18. The van der Waals surface area contributed by atoms with Crippen LogP contribution in [-0.2, 0) is 11.3 Å². The summed E-state index contributed by atoms with van der Waals surface area (Å²) in [5.41, 5.74) is 0.891. The van der Waals surface area contributed by atoms with Crippen molar-refractivity contribution in [2.75, 3.05) is 12.9 Å². The van der Waals surface area contributed by atoms with E-state index in [1.165, 1.54) is 11.8 Å². The number of aromatic amines is 1. The van der Waals surface area contributed by atoms with Crippen molar-refractivity contribution in [2.45, 2.75) is 11.4 Å². The minimum atomic E-state index is -0.00424. The molecule has 19 heavy (non-hydrogen) atoms. The van der Waals surface area contributed by atoms with E-state index in [1.54, 1.807) is 13.3 Å². The Hall–Kier alpha value is -1.95. The van der Waals surface area contributed by atoms with E-state index in [-0.39, 0.29) is 5.91 Å². The minimum Gasteiger partial charge on any atom is -0.497 e. The summed E-state index contributed by atoms with van der Waals surface area (Å²) in [5.74, 6) is 1.20. The number of H-pyrrole nitrogens is 1. The lowest BCUT2D eigenvalue weighted by Gasteiger charge is -2.04. The van der Waals surface area contributed by atoms with Gasteiger partial charge >= 0.3 is 0 Å². The highest BCUT2D eigenvalue weighted by atomic mass is 32.2. The van der Waals surface area contributed by atoms with Crippen molar-refractivity contribution in [3.63, 3.8) is 0 Å². The minimum absolute atomic E-state index is 0.00424. The molecule has 2 N–H and O–H groups in total. The number of nitrogens with zero attached hydrogens (tertiary/aromatic N) is 1. The predicted octanol–water partition coefficient (Wildman–Crippen LogP) is 1.83. The van der Waals surface area contributed by atoms with Crippen LogP contribution < -0.4 is 10.1 Å². The van der Waals surface area contributed by atoms with Crippen LogP contribution in [0.15, 0.2) is 41.4 Å². The summed E-state index contributed by atoms with van der Waals surface area (Å²) in [6.07, 6.45) is 1.66. The van der Waals surface area contributed by atoms with Gasteiger partial charge in [0.15, 0.2) is 0 Å². The van der Waals surface area contributed by atoms with E-state index in [9.17, 15) is 4.79 Å². The predicted molar refractivity (Wildman–Crippen MR) is 74.2 cm³/mol. The van der Waals surface area contributed by atoms with Gasteiger partial charge in [-0.25, -0.2) is 0 Å². The van der Waals surface area contributed by atoms with E-state index in [2.05, 4.69) is 15.5 Å². The van der Waals surface area contributed by atoms with Gasteiger partial charge in [-0.3, -0.25) is 9.89 Å². The van der Waals surface area contributed by atoms with Crippen molar-refractivity contribution in [3.8, 4) is 5.75 Å². The van der Waals surface area contributed by atoms with Gasteiger partial charge in [-0.05, 0) is 30.3 Å². The van der Waals surface area contributed by atoms with Gasteiger partial charge in [-0.15, -0.1) is 11.8 Å². The normalized spacial score (nSPS) is 10.2. The molecule has 0 atom stereocenters. The number of benzene rings is 1. The van der Waals surface area contributed by atoms with Crippen molar-refractivity contribution in [2.24, 2.45) is 0 Å². The molecule has 0 spiro atoms. The molecule has 2 aromatic rings. The quantitative estimate of drug-likeness (QED) is 0.790. The van der Waals surface area contributed by atoms with Gasteiger partial charge in [-0.1, -0.05) is 0 Å². The number of thioether (sulfide) groups is 1. The van der Waals surface area contributed by atoms with E-state index in [0.29, 0.717) is 12.3 Å². The van der Waals surface area contributed by atoms with E-state index in [1.807, 2.05) is 30.3 Å². The summed E-state index contributed by atoms with van der Waals surface area (Å²) in [5, 5.41) is 9.43. The summed E-state index contributed by atoms with van der Waals surface area (Å²) >= 11 is 1.49. The van der Waals surface area contributed by atoms with Gasteiger partial charge in [0, 0.05) is 11.1 Å². The fraction of sp³-hybridized carbons (Fsp3) is 0.231. The average Bonchev–Trinajstić information content (AvgIpc) is 2.96. The third-order valence-corrected chi connectivity index (χ3v) is 3.48. The SMILES string of the molecule is COc1ccc(SCC(=O)NCc2ccn[nH]2)cc1. The second-order valence-electron chi connectivity index (χ2n) is 3.82. The van der Waals surface area contributed by atoms with Crippen LogP contribution in [0.5, 0.6) is 5.75 Å². The number of hydrogen-bond acceptors (Lipinski definition) is 4. The van der Waals surface area contributed by atoms with Crippen LogP contribution in [0.2, 0.25) is 0 Å². The second-order valence-corrected chi connectivity index (χ2v) is 4.87. The Morgan fingerprint density at radius 1 is 1.37 bits per heavy atom. The fourth-order valence-electron chi connectivity index (χ4n) is 1.45. The van der Waals surface area contributed by atoms with Gasteiger partial charge in [0.2, 0.25) is 5.91 Å². The Kier molecular flexibility index (Phi) is 4.85. The van der Waals surface area contributed by atoms with Crippen LogP contribution in [0, 0.1) is 0 Å². The molecule has 0 saturated carbocycles. The molecule has 1 aromatic heterocycles. The zero-order chi connectivity index (χ0) is 13.5. The number of hydrogen-bond donors (Lipinski definition) is 2. The highest BCUT2D eigenvalue weighted by Crippen LogP contribution is 2.20. The average molecular weight is 277 g/mol. The first-order valence-corrected chi connectivity index (χ1v) is 6.78. The smallest absolute Gasteiger partial charge is 0.230 e. The zero-order valence-electron chi connectivity index (χ0n) is 10.6. The molecule has 2 rings (SSSR count). The van der Waals surface area contributed by atoms with Crippen molar-refractivity contribution in [3.05, 3.63) is 42.2 Å². The van der Waals surface area contributed by atoms with E-state index < -0.39 is 0 Å². The number of aromatic nitrogens is 2. The van der Waals surface area contributed by atoms with Gasteiger partial charge < -0.3 is 10.1 Å². The van der Waals surface area contributed by atoms with Crippen LogP contribution in [0.25, 0.3) is 0 Å². The Balaban J connectivity index is 1.73. The molecule has 0 aliphatic rings. The van der Waals surface area contributed by atoms with Crippen LogP contribution in [0.3, 0.4) is 0 Å². The van der Waals surface area contributed by atoms with Crippen molar-refractivity contribution >= 4 is 17.7 Å². The third kappa shape index (κ3) is 4.33. The number of ether oxygens (including phenoxy) is 1. The molecular weight excluding hydrogens is 262 g/mol. The number of carbonyl (C=O) groups excluding carboxylic acids is 1. The van der Waals surface area contributed by atoms with E-state index in [4.69, 9.17) is 4.74 Å². The van der Waals surface area contributed by atoms with Gasteiger partial charge in [0.25, 0.3) is 0 Å². The van der Waals surface area contributed by atoms with Crippen LogP contribution in [0.4, 0.5) is 0 Å². The Labute approximate surface area is 115 Å². The van der Waals surface area contributed by atoms with Crippen LogP contribution >= 0.6 is 11.8 Å². The standard InChI is InChI=1S/C13H15N3O2S/c1-18-11-2-4-12(5-3-11)19-9-13(17)14-8-10-6-7-15-16-10/h2-7H,8-9H2,1H3,(H,14,17)(H,15,16). The molecule has 0 aliphatic carbocycles. The highest BCUT2D eigenvalue weighted by molar-refractivity contribution is 8.00.